The van der Waals surface area contributed by atoms with Crippen molar-refractivity contribution in [1.82, 2.24) is 0 Å². The summed E-state index contributed by atoms with van der Waals surface area (Å²) in [6, 6.07) is 27.4. The number of para-hydroxylation sites is 4. The van der Waals surface area contributed by atoms with Crippen molar-refractivity contribution >= 4 is 87.8 Å². The summed E-state index contributed by atoms with van der Waals surface area (Å²) in [7, 11) is 12.1. The molecule has 12 aromatic rings. The molecule has 0 spiro atoms. The van der Waals surface area contributed by atoms with E-state index in [4.69, 9.17) is 74.5 Å². The number of aliphatic hydroxyl groups is 2. The van der Waals surface area contributed by atoms with Gasteiger partial charge in [0.25, 0.3) is 0 Å². The molecular formula is C81H80O23. The van der Waals surface area contributed by atoms with Crippen LogP contribution in [0.1, 0.15) is 64.3 Å². The monoisotopic (exact) mass is 1420 g/mol. The maximum absolute atomic E-state index is 13.2. The maximum Gasteiger partial charge on any atom is 0.204 e. The lowest BCUT2D eigenvalue weighted by atomic mass is 9.95. The zero-order valence-electron chi connectivity index (χ0n) is 59.0. The fraction of sp³-hybridized carbons (Fsp3) is 0.309. The molecule has 16 rings (SSSR count). The van der Waals surface area contributed by atoms with Crippen molar-refractivity contribution in [1.29, 1.82) is 0 Å². The highest BCUT2D eigenvalue weighted by molar-refractivity contribution is 6.02. The molecule has 4 aliphatic heterocycles. The Morgan fingerprint density at radius 1 is 0.510 bits per heavy atom. The van der Waals surface area contributed by atoms with E-state index in [1.807, 2.05) is 33.8 Å². The third kappa shape index (κ3) is 12.5. The number of phenolic OH excluding ortho intramolecular Hbond substituents is 1. The van der Waals surface area contributed by atoms with Gasteiger partial charge in [0, 0.05) is 65.8 Å². The average molecular weight is 1420 g/mol. The first kappa shape index (κ1) is 72.4. The summed E-state index contributed by atoms with van der Waals surface area (Å²) >= 11 is 0. The molecule has 104 heavy (non-hydrogen) atoms. The Balaban J connectivity index is 0.000000130. The number of allylic oxidation sites excluding steroid dienone is 2. The molecule has 1 saturated heterocycles. The van der Waals surface area contributed by atoms with E-state index in [0.29, 0.717) is 182 Å². The average Bonchev–Trinajstić information content (AvgIpc) is 1.45. The highest BCUT2D eigenvalue weighted by Crippen LogP contribution is 2.49. The van der Waals surface area contributed by atoms with E-state index < -0.39 is 18.3 Å². The first-order valence-corrected chi connectivity index (χ1v) is 33.0. The third-order valence-corrected chi connectivity index (χ3v) is 19.2. The fourth-order valence-electron chi connectivity index (χ4n) is 13.3. The van der Waals surface area contributed by atoms with Gasteiger partial charge in [0.2, 0.25) is 21.7 Å². The number of fused-ring (bicyclic) bond motifs is 14. The molecule has 0 bridgehead atoms. The Kier molecular flexibility index (Phi) is 19.8. The highest BCUT2D eigenvalue weighted by atomic mass is 16.6. The van der Waals surface area contributed by atoms with Crippen LogP contribution in [0.15, 0.2) is 158 Å². The van der Waals surface area contributed by atoms with Crippen LogP contribution in [0.25, 0.3) is 87.8 Å². The van der Waals surface area contributed by atoms with E-state index in [1.54, 1.807) is 105 Å². The third-order valence-electron chi connectivity index (χ3n) is 19.2. The lowest BCUT2D eigenvalue weighted by Gasteiger charge is -2.26. The van der Waals surface area contributed by atoms with Gasteiger partial charge in [0.1, 0.15) is 119 Å². The first-order chi connectivity index (χ1) is 49.5. The topological polar surface area (TPSA) is 296 Å². The smallest absolute Gasteiger partial charge is 0.204 e. The summed E-state index contributed by atoms with van der Waals surface area (Å²) in [5.74, 6) is 5.26. The van der Waals surface area contributed by atoms with Gasteiger partial charge in [0.15, 0.2) is 45.3 Å². The van der Waals surface area contributed by atoms with Crippen molar-refractivity contribution < 1.29 is 89.8 Å². The molecule has 4 aromatic heterocycles. The van der Waals surface area contributed by atoms with E-state index in [0.717, 1.165) is 22.3 Å². The van der Waals surface area contributed by atoms with Crippen LogP contribution in [0.5, 0.6) is 69.0 Å². The Morgan fingerprint density at radius 3 is 1.22 bits per heavy atom. The Hall–Kier alpha value is -11.4. The zero-order valence-corrected chi connectivity index (χ0v) is 59.0. The minimum Gasteiger partial charge on any atom is -0.507 e. The number of hydrogen-bond donors (Lipinski definition) is 3. The van der Waals surface area contributed by atoms with Gasteiger partial charge in [-0.3, -0.25) is 19.2 Å². The lowest BCUT2D eigenvalue weighted by molar-refractivity contribution is -0.0729. The van der Waals surface area contributed by atoms with Crippen molar-refractivity contribution in [2.45, 2.75) is 97.2 Å². The molecule has 23 heteroatoms. The summed E-state index contributed by atoms with van der Waals surface area (Å²) in [5, 5.41) is 33.5. The van der Waals surface area contributed by atoms with Crippen LogP contribution >= 0.6 is 0 Å². The molecule has 0 radical (unpaired) electrons. The number of benzene rings is 8. The number of aromatic hydroxyl groups is 1. The number of aliphatic hydroxyl groups excluding tert-OH is 1. The quantitative estimate of drug-likeness (QED) is 0.0518. The van der Waals surface area contributed by atoms with Gasteiger partial charge in [-0.05, 0) is 95.1 Å². The second-order valence-corrected chi connectivity index (χ2v) is 26.0. The Bertz CT molecular complexity index is 5730. The molecule has 0 saturated carbocycles. The van der Waals surface area contributed by atoms with E-state index in [2.05, 4.69) is 6.58 Å². The van der Waals surface area contributed by atoms with Gasteiger partial charge < -0.3 is 89.8 Å². The highest BCUT2D eigenvalue weighted by Gasteiger charge is 2.52. The Morgan fingerprint density at radius 2 is 0.856 bits per heavy atom. The molecular weight excluding hydrogens is 1340 g/mol. The SMILES string of the molecule is C.C=C(C)C1Cc2c(cc(OC)c3c(=O)c4cccc(OC)c4oc23)O1.COc1cccc2c(=O)c3c(OC)cc(O)c(CC=C(C)C)c3oc12.COc1cccc2c(=O)c3c(OC)cc4c(c3oc12)C[C@H]([C@@]1(C)CO1)O4.COc1cccc2c(=O)c3c(OC)cc4c(c3oc12)C[C@H]([C@](C)(O)CO)O4. The normalized spacial score (nSPS) is 17.1. The van der Waals surface area contributed by atoms with Crippen molar-refractivity contribution in [2.75, 3.05) is 70.1 Å². The van der Waals surface area contributed by atoms with E-state index in [-0.39, 0.29) is 64.9 Å². The minimum atomic E-state index is -1.44. The minimum absolute atomic E-state index is 0. The van der Waals surface area contributed by atoms with Crippen molar-refractivity contribution in [3.8, 4) is 69.0 Å². The molecule has 0 amide bonds. The van der Waals surface area contributed by atoms with Crippen LogP contribution in [-0.2, 0) is 30.4 Å². The molecule has 5 atom stereocenters. The number of methoxy groups -OCH3 is 8. The van der Waals surface area contributed by atoms with Gasteiger partial charge in [-0.25, -0.2) is 0 Å². The number of epoxide rings is 1. The van der Waals surface area contributed by atoms with Gasteiger partial charge in [-0.15, -0.1) is 0 Å². The van der Waals surface area contributed by atoms with Crippen molar-refractivity contribution in [3.05, 3.63) is 184 Å². The van der Waals surface area contributed by atoms with Crippen LogP contribution in [0.3, 0.4) is 0 Å². The summed E-state index contributed by atoms with van der Waals surface area (Å²) in [6.07, 6.45) is 3.01. The van der Waals surface area contributed by atoms with E-state index >= 15 is 0 Å². The van der Waals surface area contributed by atoms with Crippen LogP contribution in [-0.4, -0.2) is 115 Å². The van der Waals surface area contributed by atoms with Crippen LogP contribution in [0, 0.1) is 0 Å². The van der Waals surface area contributed by atoms with Crippen LogP contribution < -0.4 is 73.8 Å². The van der Waals surface area contributed by atoms with Crippen molar-refractivity contribution in [2.24, 2.45) is 0 Å². The summed E-state index contributed by atoms with van der Waals surface area (Å²) in [5.41, 5.74) is 5.66. The number of phenols is 1. The van der Waals surface area contributed by atoms with Crippen LogP contribution in [0.4, 0.5) is 0 Å². The maximum atomic E-state index is 13.2. The molecule has 0 aliphatic carbocycles. The van der Waals surface area contributed by atoms with Crippen LogP contribution in [0.2, 0.25) is 0 Å². The number of rotatable bonds is 14. The summed E-state index contributed by atoms with van der Waals surface area (Å²) < 4.78 is 90.9. The predicted octanol–water partition coefficient (Wildman–Crippen LogP) is 13.7. The van der Waals surface area contributed by atoms with Gasteiger partial charge in [-0.2, -0.15) is 0 Å². The standard InChI is InChI=1S/C20H20O7.C20H18O6.C20H18O5.C20H20O5.CH4/c1-20(23,9-21)15-7-11-13(26-15)8-14(25-3)16-17(22)10-5-4-6-12(24-2)18(10)27-19(11)16;1-20(9-24-20)15-7-11-13(25-15)8-14(23-3)16-17(21)10-5-4-6-12(22-2)18(10)26-19(11)16;1-10(2)14-8-12-15(24-14)9-16(23-4)17-18(21)11-6-5-7-13(22-3)19(11)25-20(12)17;1-11(2)8-9-12-14(21)10-16(24-4)17-18(22)13-6-5-7-15(23-3)19(13)25-20(12)17;/h4-6,8,15,21,23H,7,9H2,1-3H3;4-6,8,15H,7,9H2,1-3H3;5-7,9,14H,1,8H2,2-4H3;5-8,10,21H,9H2,1-4H3;1H4/t2*15-,20-;;;/m11.../s1. The molecule has 4 aliphatic rings. The first-order valence-electron chi connectivity index (χ1n) is 33.0. The predicted molar refractivity (Wildman–Crippen MR) is 395 cm³/mol. The largest absolute Gasteiger partial charge is 0.507 e. The molecule has 3 N–H and O–H groups in total. The number of hydrogen-bond acceptors (Lipinski definition) is 23. The molecule has 542 valence electrons. The molecule has 8 heterocycles. The molecule has 8 aromatic carbocycles. The lowest BCUT2D eigenvalue weighted by Crippen LogP contribution is -2.45. The second-order valence-electron chi connectivity index (χ2n) is 26.0. The molecule has 23 nitrogen and oxygen atoms in total. The summed E-state index contributed by atoms with van der Waals surface area (Å²) in [4.78, 5) is 52.5. The molecule has 1 fully saturated rings. The zero-order chi connectivity index (χ0) is 73.2. The van der Waals surface area contributed by atoms with Gasteiger partial charge >= 0.3 is 0 Å². The number of ether oxygens (including phenoxy) is 12. The van der Waals surface area contributed by atoms with Crippen molar-refractivity contribution in [3.63, 3.8) is 0 Å². The van der Waals surface area contributed by atoms with Gasteiger partial charge in [-0.1, -0.05) is 49.9 Å². The summed E-state index contributed by atoms with van der Waals surface area (Å²) in [6.45, 7) is 13.6. The molecule has 1 unspecified atom stereocenters. The van der Waals surface area contributed by atoms with Gasteiger partial charge in [0.05, 0.1) is 91.6 Å². The Labute approximate surface area is 595 Å². The van der Waals surface area contributed by atoms with E-state index in [9.17, 15) is 34.5 Å². The second kappa shape index (κ2) is 28.4. The fourth-order valence-corrected chi connectivity index (χ4v) is 13.3. The van der Waals surface area contributed by atoms with E-state index in [1.165, 1.54) is 55.6 Å².